The van der Waals surface area contributed by atoms with Gasteiger partial charge in [0.1, 0.15) is 24.0 Å². The van der Waals surface area contributed by atoms with E-state index in [1.807, 2.05) is 0 Å². The number of alkyl halides is 3. The molecule has 0 radical (unpaired) electrons. The zero-order valence-electron chi connectivity index (χ0n) is 17.2. The topological polar surface area (TPSA) is 93.5 Å². The largest absolute Gasteiger partial charge is 0.573 e. The van der Waals surface area contributed by atoms with E-state index < -0.39 is 24.1 Å². The van der Waals surface area contributed by atoms with Crippen molar-refractivity contribution in [1.82, 2.24) is 14.5 Å². The van der Waals surface area contributed by atoms with Crippen molar-refractivity contribution in [3.05, 3.63) is 54.4 Å². The smallest absolute Gasteiger partial charge is 0.406 e. The first kappa shape index (κ1) is 22.3. The second kappa shape index (κ2) is 8.93. The Bertz CT molecular complexity index is 1210. The molecule has 0 unspecified atom stereocenters. The zero-order chi connectivity index (χ0) is 23.6. The minimum Gasteiger partial charge on any atom is -0.406 e. The van der Waals surface area contributed by atoms with Gasteiger partial charge in [0.05, 0.1) is 0 Å². The van der Waals surface area contributed by atoms with E-state index in [9.17, 15) is 27.6 Å². The lowest BCUT2D eigenvalue weighted by molar-refractivity contribution is -0.274. The summed E-state index contributed by atoms with van der Waals surface area (Å²) in [5.74, 6) is -1.30. The van der Waals surface area contributed by atoms with Crippen LogP contribution >= 0.6 is 0 Å². The molecule has 0 bridgehead atoms. The molecule has 172 valence electrons. The number of hydrogen-bond donors (Lipinski definition) is 1. The van der Waals surface area contributed by atoms with Gasteiger partial charge in [-0.25, -0.2) is 4.98 Å². The Morgan fingerprint density at radius 1 is 1.24 bits per heavy atom. The number of aldehydes is 1. The summed E-state index contributed by atoms with van der Waals surface area (Å²) >= 11 is 0. The van der Waals surface area contributed by atoms with Crippen LogP contribution in [0.15, 0.2) is 48.8 Å². The molecule has 0 saturated carbocycles. The molecular formula is C22H19F3N4O4. The highest BCUT2D eigenvalue weighted by Crippen LogP contribution is 2.26. The number of carbonyl (C=O) groups is 3. The zero-order valence-corrected chi connectivity index (χ0v) is 17.2. The van der Waals surface area contributed by atoms with Gasteiger partial charge in [-0.05, 0) is 37.1 Å². The summed E-state index contributed by atoms with van der Waals surface area (Å²) in [4.78, 5) is 42.8. The number of likely N-dealkylation sites (tertiary alicyclic amines) is 1. The number of fused-ring (bicyclic) bond motifs is 1. The third kappa shape index (κ3) is 4.97. The molecule has 1 aliphatic heterocycles. The van der Waals surface area contributed by atoms with Crippen LogP contribution in [0.5, 0.6) is 5.75 Å². The number of aromatic nitrogens is 2. The number of nitrogens with one attached hydrogen (secondary N) is 1. The average Bonchev–Trinajstić information content (AvgIpc) is 3.38. The fourth-order valence-corrected chi connectivity index (χ4v) is 3.94. The van der Waals surface area contributed by atoms with Gasteiger partial charge in [-0.2, -0.15) is 0 Å². The van der Waals surface area contributed by atoms with Crippen molar-refractivity contribution in [1.29, 1.82) is 0 Å². The van der Waals surface area contributed by atoms with Gasteiger partial charge < -0.3 is 19.5 Å². The van der Waals surface area contributed by atoms with E-state index in [1.165, 1.54) is 17.0 Å². The predicted octanol–water partition coefficient (Wildman–Crippen LogP) is 3.38. The summed E-state index contributed by atoms with van der Waals surface area (Å²) in [6, 6.07) is 7.59. The molecule has 0 aliphatic carbocycles. The first-order valence-electron chi connectivity index (χ1n) is 10.1. The Hall–Kier alpha value is -3.89. The molecule has 1 N–H and O–H groups in total. The second-order valence-corrected chi connectivity index (χ2v) is 7.51. The van der Waals surface area contributed by atoms with Crippen molar-refractivity contribution in [2.24, 2.45) is 0 Å². The number of carbonyl (C=O) groups excluding carboxylic acids is 3. The van der Waals surface area contributed by atoms with Crippen LogP contribution in [-0.2, 0) is 16.1 Å². The van der Waals surface area contributed by atoms with E-state index >= 15 is 0 Å². The first-order valence-corrected chi connectivity index (χ1v) is 10.1. The number of pyridine rings is 1. The van der Waals surface area contributed by atoms with Gasteiger partial charge in [-0.15, -0.1) is 13.2 Å². The van der Waals surface area contributed by atoms with Gasteiger partial charge >= 0.3 is 6.36 Å². The summed E-state index contributed by atoms with van der Waals surface area (Å²) in [6.45, 7) is 0.251. The van der Waals surface area contributed by atoms with Crippen molar-refractivity contribution < 1.29 is 32.3 Å². The highest BCUT2D eigenvalue weighted by molar-refractivity contribution is 5.98. The molecule has 8 nitrogen and oxygen atoms in total. The minimum atomic E-state index is -4.85. The maximum Gasteiger partial charge on any atom is 0.573 e. The fraction of sp³-hybridized carbons (Fsp3) is 0.273. The van der Waals surface area contributed by atoms with Crippen LogP contribution in [-0.4, -0.2) is 51.5 Å². The van der Waals surface area contributed by atoms with Gasteiger partial charge in [0.15, 0.2) is 6.29 Å². The number of halogens is 3. The van der Waals surface area contributed by atoms with Crippen molar-refractivity contribution in [3.8, 4) is 5.75 Å². The summed E-state index contributed by atoms with van der Waals surface area (Å²) in [7, 11) is 0. The minimum absolute atomic E-state index is 0.111. The quantitative estimate of drug-likeness (QED) is 0.570. The molecule has 1 fully saturated rings. The lowest BCUT2D eigenvalue weighted by Crippen LogP contribution is -2.44. The normalized spacial score (nSPS) is 16.1. The van der Waals surface area contributed by atoms with Crippen LogP contribution in [0, 0.1) is 0 Å². The highest BCUT2D eigenvalue weighted by atomic mass is 19.4. The molecule has 1 aliphatic rings. The van der Waals surface area contributed by atoms with E-state index in [1.54, 1.807) is 29.1 Å². The number of ether oxygens (including phenoxy) is 1. The number of hydrogen-bond acceptors (Lipinski definition) is 5. The molecule has 4 rings (SSSR count). The maximum atomic E-state index is 13.0. The van der Waals surface area contributed by atoms with E-state index in [4.69, 9.17) is 0 Å². The monoisotopic (exact) mass is 460 g/mol. The Balaban J connectivity index is 1.47. The van der Waals surface area contributed by atoms with E-state index in [0.717, 1.165) is 12.1 Å². The molecule has 3 heterocycles. The van der Waals surface area contributed by atoms with E-state index in [-0.39, 0.29) is 18.1 Å². The van der Waals surface area contributed by atoms with E-state index in [0.29, 0.717) is 42.3 Å². The second-order valence-electron chi connectivity index (χ2n) is 7.51. The number of anilines is 1. The van der Waals surface area contributed by atoms with Crippen LogP contribution in [0.25, 0.3) is 11.0 Å². The van der Waals surface area contributed by atoms with Crippen molar-refractivity contribution >= 4 is 34.8 Å². The Labute approximate surface area is 185 Å². The number of benzene rings is 1. The van der Waals surface area contributed by atoms with Crippen LogP contribution in [0.4, 0.5) is 18.9 Å². The SMILES string of the molecule is O=Cc1cn(CC(=O)N2CCC[C@H]2C(=O)Nc2cccc(OC(F)(F)F)c2)c2ncccc12. The summed E-state index contributed by atoms with van der Waals surface area (Å²) in [5, 5.41) is 3.18. The molecular weight excluding hydrogens is 441 g/mol. The number of rotatable bonds is 6. The van der Waals surface area contributed by atoms with Crippen molar-refractivity contribution in [2.45, 2.75) is 31.8 Å². The van der Waals surface area contributed by atoms with Gasteiger partial charge in [0.25, 0.3) is 0 Å². The third-order valence-corrected chi connectivity index (χ3v) is 5.31. The lowest BCUT2D eigenvalue weighted by Gasteiger charge is -2.24. The number of amides is 2. The Morgan fingerprint density at radius 3 is 2.82 bits per heavy atom. The van der Waals surface area contributed by atoms with Gasteiger partial charge in [0, 0.05) is 41.6 Å². The molecule has 2 amide bonds. The molecule has 3 aromatic rings. The number of nitrogens with zero attached hydrogens (tertiary/aromatic N) is 3. The van der Waals surface area contributed by atoms with Crippen molar-refractivity contribution in [2.75, 3.05) is 11.9 Å². The maximum absolute atomic E-state index is 13.0. The fourth-order valence-electron chi connectivity index (χ4n) is 3.94. The van der Waals surface area contributed by atoms with Crippen LogP contribution in [0.3, 0.4) is 0 Å². The van der Waals surface area contributed by atoms with Crippen LogP contribution < -0.4 is 10.1 Å². The van der Waals surface area contributed by atoms with Crippen LogP contribution in [0.2, 0.25) is 0 Å². The molecule has 1 aromatic carbocycles. The standard InChI is InChI=1S/C22H19F3N4O4/c23-22(24,25)33-16-5-1-4-15(10-16)27-21(32)18-7-3-9-29(18)19(31)12-28-11-14(13-30)17-6-2-8-26-20(17)28/h1-2,4-6,8,10-11,13,18H,3,7,9,12H2,(H,27,32)/t18-/m0/s1. The van der Waals surface area contributed by atoms with Gasteiger partial charge in [-0.1, -0.05) is 6.07 Å². The van der Waals surface area contributed by atoms with Gasteiger partial charge in [0.2, 0.25) is 11.8 Å². The summed E-state index contributed by atoms with van der Waals surface area (Å²) in [5.41, 5.74) is 1.01. The highest BCUT2D eigenvalue weighted by Gasteiger charge is 2.35. The molecule has 1 saturated heterocycles. The molecule has 11 heteroatoms. The summed E-state index contributed by atoms with van der Waals surface area (Å²) in [6.07, 6.45) is -0.0431. The van der Waals surface area contributed by atoms with E-state index in [2.05, 4.69) is 15.0 Å². The Kier molecular flexibility index (Phi) is 6.03. The average molecular weight is 460 g/mol. The molecule has 33 heavy (non-hydrogen) atoms. The van der Waals surface area contributed by atoms with Crippen molar-refractivity contribution in [3.63, 3.8) is 0 Å². The third-order valence-electron chi connectivity index (χ3n) is 5.31. The van der Waals surface area contributed by atoms with Crippen LogP contribution in [0.1, 0.15) is 23.2 Å². The molecule has 2 aromatic heterocycles. The molecule has 0 spiro atoms. The summed E-state index contributed by atoms with van der Waals surface area (Å²) < 4.78 is 42.8. The first-order chi connectivity index (χ1) is 15.7. The predicted molar refractivity (Wildman–Crippen MR) is 112 cm³/mol. The van der Waals surface area contributed by atoms with Gasteiger partial charge in [-0.3, -0.25) is 14.4 Å². The lowest BCUT2D eigenvalue weighted by atomic mass is 10.2. The Morgan fingerprint density at radius 2 is 2.06 bits per heavy atom. The molecule has 1 atom stereocenters.